The third-order valence-electron chi connectivity index (χ3n) is 3.86. The maximum Gasteiger partial charge on any atom is 0.422 e. The van der Waals surface area contributed by atoms with Gasteiger partial charge in [0.05, 0.1) is 5.41 Å². The fourth-order valence-corrected chi connectivity index (χ4v) is 2.12. The van der Waals surface area contributed by atoms with E-state index < -0.39 is 18.2 Å². The molecule has 1 aromatic rings. The number of aromatic nitrogens is 1. The molecule has 0 aliphatic heterocycles. The molecular formula is C15H24Cl2F3N3O2. The van der Waals surface area contributed by atoms with Crippen molar-refractivity contribution >= 4 is 30.7 Å². The zero-order valence-corrected chi connectivity index (χ0v) is 15.7. The summed E-state index contributed by atoms with van der Waals surface area (Å²) in [6.45, 7) is 2.79. The van der Waals surface area contributed by atoms with Crippen LogP contribution in [0.5, 0.6) is 5.88 Å². The van der Waals surface area contributed by atoms with Gasteiger partial charge in [0, 0.05) is 25.4 Å². The normalized spacial score (nSPS) is 11.1. The predicted molar refractivity (Wildman–Crippen MR) is 94.2 cm³/mol. The second kappa shape index (κ2) is 11.4. The van der Waals surface area contributed by atoms with Gasteiger partial charge in [-0.2, -0.15) is 13.2 Å². The molecule has 0 atom stereocenters. The van der Waals surface area contributed by atoms with Crippen LogP contribution in [-0.2, 0) is 11.3 Å². The van der Waals surface area contributed by atoms with Crippen molar-refractivity contribution in [1.29, 1.82) is 0 Å². The highest BCUT2D eigenvalue weighted by molar-refractivity contribution is 5.85. The van der Waals surface area contributed by atoms with Crippen LogP contribution in [0.25, 0.3) is 0 Å². The first-order valence-corrected chi connectivity index (χ1v) is 7.39. The highest BCUT2D eigenvalue weighted by Crippen LogP contribution is 2.25. The summed E-state index contributed by atoms with van der Waals surface area (Å²) in [4.78, 5) is 16.0. The van der Waals surface area contributed by atoms with Crippen molar-refractivity contribution in [1.82, 2.24) is 10.3 Å². The van der Waals surface area contributed by atoms with E-state index in [0.29, 0.717) is 18.4 Å². The molecule has 0 saturated heterocycles. The first-order chi connectivity index (χ1) is 10.8. The number of hydrogen-bond acceptors (Lipinski definition) is 4. The minimum Gasteiger partial charge on any atom is -0.468 e. The number of halogens is 5. The molecule has 5 nitrogen and oxygen atoms in total. The number of nitrogens with two attached hydrogens (primary N) is 1. The van der Waals surface area contributed by atoms with Crippen LogP contribution in [0.3, 0.4) is 0 Å². The monoisotopic (exact) mass is 405 g/mol. The lowest BCUT2D eigenvalue weighted by molar-refractivity contribution is -0.154. The maximum absolute atomic E-state index is 12.3. The van der Waals surface area contributed by atoms with Crippen LogP contribution >= 0.6 is 24.8 Å². The lowest BCUT2D eigenvalue weighted by atomic mass is 9.81. The van der Waals surface area contributed by atoms with Gasteiger partial charge in [0.15, 0.2) is 6.61 Å². The van der Waals surface area contributed by atoms with E-state index in [4.69, 9.17) is 5.73 Å². The molecule has 10 heteroatoms. The second-order valence-electron chi connectivity index (χ2n) is 5.28. The summed E-state index contributed by atoms with van der Waals surface area (Å²) in [6.07, 6.45) is -1.86. The van der Waals surface area contributed by atoms with Crippen LogP contribution in [-0.4, -0.2) is 30.2 Å². The van der Waals surface area contributed by atoms with Gasteiger partial charge in [0.2, 0.25) is 11.8 Å². The van der Waals surface area contributed by atoms with E-state index in [0.717, 1.165) is 0 Å². The number of hydrogen-bond donors (Lipinski definition) is 2. The van der Waals surface area contributed by atoms with Crippen molar-refractivity contribution in [3.05, 3.63) is 23.9 Å². The van der Waals surface area contributed by atoms with E-state index in [2.05, 4.69) is 15.0 Å². The molecule has 146 valence electrons. The minimum atomic E-state index is -4.42. The van der Waals surface area contributed by atoms with Gasteiger partial charge in [0.1, 0.15) is 0 Å². The lowest BCUT2D eigenvalue weighted by Crippen LogP contribution is -2.45. The second-order valence-corrected chi connectivity index (χ2v) is 5.28. The van der Waals surface area contributed by atoms with Crippen molar-refractivity contribution in [2.45, 2.75) is 39.4 Å². The van der Waals surface area contributed by atoms with Gasteiger partial charge in [-0.15, -0.1) is 24.8 Å². The highest BCUT2D eigenvalue weighted by Gasteiger charge is 2.33. The van der Waals surface area contributed by atoms with Crippen LogP contribution in [0.15, 0.2) is 18.3 Å². The van der Waals surface area contributed by atoms with Crippen molar-refractivity contribution in [3.8, 4) is 5.88 Å². The van der Waals surface area contributed by atoms with Gasteiger partial charge < -0.3 is 15.8 Å². The Morgan fingerprint density at radius 2 is 1.88 bits per heavy atom. The largest absolute Gasteiger partial charge is 0.468 e. The third-order valence-corrected chi connectivity index (χ3v) is 3.86. The molecule has 1 rings (SSSR count). The van der Waals surface area contributed by atoms with Crippen LogP contribution in [0.4, 0.5) is 13.2 Å². The Kier molecular flexibility index (Phi) is 11.8. The summed E-state index contributed by atoms with van der Waals surface area (Å²) in [5.74, 6) is -0.301. The number of rotatable bonds is 8. The molecule has 0 saturated carbocycles. The summed E-state index contributed by atoms with van der Waals surface area (Å²) in [7, 11) is 0. The third kappa shape index (κ3) is 8.11. The molecular weight excluding hydrogens is 382 g/mol. The molecule has 0 aromatic carbocycles. The number of carbonyl (C=O) groups excluding carboxylic acids is 1. The van der Waals surface area contributed by atoms with E-state index in [-0.39, 0.29) is 49.7 Å². The Morgan fingerprint density at radius 1 is 1.28 bits per heavy atom. The van der Waals surface area contributed by atoms with E-state index in [1.165, 1.54) is 12.3 Å². The predicted octanol–water partition coefficient (Wildman–Crippen LogP) is 3.25. The van der Waals surface area contributed by atoms with E-state index >= 15 is 0 Å². The Bertz CT molecular complexity index is 519. The highest BCUT2D eigenvalue weighted by atomic mass is 35.5. The van der Waals surface area contributed by atoms with Crippen molar-refractivity contribution in [2.75, 3.05) is 13.2 Å². The Hall–Kier alpha value is -1.25. The number of nitrogens with zero attached hydrogens (tertiary/aromatic N) is 1. The zero-order valence-electron chi connectivity index (χ0n) is 14.1. The average molecular weight is 406 g/mol. The van der Waals surface area contributed by atoms with Crippen LogP contribution in [0, 0.1) is 5.41 Å². The molecule has 0 radical (unpaired) electrons. The number of amides is 1. The standard InChI is InChI=1S/C15H22F3N3O2.2ClH/c1-3-14(4-2,9-19)13(22)21-8-11-5-6-20-12(7-11)23-10-15(16,17)18;;/h5-7H,3-4,8-10,19H2,1-2H3,(H,21,22);2*1H. The van der Waals surface area contributed by atoms with Crippen LogP contribution in [0.1, 0.15) is 32.3 Å². The fraction of sp³-hybridized carbons (Fsp3) is 0.600. The molecule has 0 aliphatic carbocycles. The molecule has 1 aromatic heterocycles. The molecule has 0 bridgehead atoms. The van der Waals surface area contributed by atoms with Gasteiger partial charge >= 0.3 is 6.18 Å². The Morgan fingerprint density at radius 3 is 2.36 bits per heavy atom. The number of alkyl halides is 3. The van der Waals surface area contributed by atoms with E-state index in [1.807, 2.05) is 13.8 Å². The summed E-state index contributed by atoms with van der Waals surface area (Å²) in [5.41, 5.74) is 5.68. The van der Waals surface area contributed by atoms with Crippen molar-refractivity contribution in [2.24, 2.45) is 11.1 Å². The molecule has 3 N–H and O–H groups in total. The fourth-order valence-electron chi connectivity index (χ4n) is 2.12. The molecule has 0 spiro atoms. The number of ether oxygens (including phenoxy) is 1. The van der Waals surface area contributed by atoms with Crippen LogP contribution < -0.4 is 15.8 Å². The maximum atomic E-state index is 12.3. The number of pyridine rings is 1. The molecule has 0 fully saturated rings. The average Bonchev–Trinajstić information content (AvgIpc) is 2.53. The lowest BCUT2D eigenvalue weighted by Gasteiger charge is -2.28. The molecule has 0 unspecified atom stereocenters. The quantitative estimate of drug-likeness (QED) is 0.695. The van der Waals surface area contributed by atoms with Gasteiger partial charge in [-0.25, -0.2) is 4.98 Å². The molecule has 1 amide bonds. The first-order valence-electron chi connectivity index (χ1n) is 7.39. The summed E-state index contributed by atoms with van der Waals surface area (Å²) in [6, 6.07) is 2.97. The SMILES string of the molecule is CCC(CC)(CN)C(=O)NCc1ccnc(OCC(F)(F)F)c1.Cl.Cl. The topological polar surface area (TPSA) is 77.2 Å². The van der Waals surface area contributed by atoms with Crippen LogP contribution in [0.2, 0.25) is 0 Å². The molecule has 1 heterocycles. The summed E-state index contributed by atoms with van der Waals surface area (Å²) >= 11 is 0. The smallest absolute Gasteiger partial charge is 0.422 e. The Labute approximate surface area is 157 Å². The van der Waals surface area contributed by atoms with E-state index in [9.17, 15) is 18.0 Å². The molecule has 25 heavy (non-hydrogen) atoms. The Balaban J connectivity index is 0. The van der Waals surface area contributed by atoms with Gasteiger partial charge in [0.25, 0.3) is 0 Å². The molecule has 0 aliphatic rings. The number of carbonyl (C=O) groups is 1. The van der Waals surface area contributed by atoms with Gasteiger partial charge in [-0.1, -0.05) is 13.8 Å². The first kappa shape index (κ1) is 26.0. The summed E-state index contributed by atoms with van der Waals surface area (Å²) in [5, 5.41) is 2.77. The minimum absolute atomic E-state index is 0. The van der Waals surface area contributed by atoms with Gasteiger partial charge in [-0.3, -0.25) is 4.79 Å². The van der Waals surface area contributed by atoms with Gasteiger partial charge in [-0.05, 0) is 24.5 Å². The van der Waals surface area contributed by atoms with Crippen molar-refractivity contribution in [3.63, 3.8) is 0 Å². The summed E-state index contributed by atoms with van der Waals surface area (Å²) < 4.78 is 40.9. The van der Waals surface area contributed by atoms with E-state index in [1.54, 1.807) is 6.07 Å². The number of nitrogens with one attached hydrogen (secondary N) is 1. The zero-order chi connectivity index (χ0) is 17.5. The van der Waals surface area contributed by atoms with Crippen molar-refractivity contribution < 1.29 is 22.7 Å².